The molecule has 3 aliphatic rings. The largest absolute Gasteiger partial charge is 0.508 e. The highest BCUT2D eigenvalue weighted by molar-refractivity contribution is 6.22. The van der Waals surface area contributed by atoms with Crippen LogP contribution in [0.1, 0.15) is 48.9 Å². The van der Waals surface area contributed by atoms with E-state index >= 15 is 0 Å². The number of fused-ring (bicyclic) bond motifs is 3. The van der Waals surface area contributed by atoms with Gasteiger partial charge in [0.1, 0.15) is 22.8 Å². The quantitative estimate of drug-likeness (QED) is 0.233. The Balaban J connectivity index is 1.92. The summed E-state index contributed by atoms with van der Waals surface area (Å²) >= 11 is 0. The van der Waals surface area contributed by atoms with Crippen molar-refractivity contribution < 1.29 is 48.0 Å². The summed E-state index contributed by atoms with van der Waals surface area (Å²) in [6, 6.07) is 1.04. The number of carbonyl (C=O) groups is 3. The summed E-state index contributed by atoms with van der Waals surface area (Å²) in [5, 5.41) is 47.1. The molecule has 7 N–H and O–H groups in total. The number of halogens is 3. The molecule has 0 saturated heterocycles. The van der Waals surface area contributed by atoms with Crippen LogP contribution in [0.3, 0.4) is 0 Å². The summed E-state index contributed by atoms with van der Waals surface area (Å²) in [5.74, 6) is -10.3. The number of amides is 1. The Kier molecular flexibility index (Phi) is 7.21. The molecular formula is C27H27F3N2O7. The van der Waals surface area contributed by atoms with Gasteiger partial charge < -0.3 is 31.5 Å². The number of nitrogens with one attached hydrogen (secondary N) is 1. The zero-order valence-corrected chi connectivity index (χ0v) is 21.1. The topological polar surface area (TPSA) is 170 Å². The summed E-state index contributed by atoms with van der Waals surface area (Å²) in [7, 11) is 0. The van der Waals surface area contributed by atoms with Crippen molar-refractivity contribution in [2.24, 2.45) is 17.6 Å². The van der Waals surface area contributed by atoms with E-state index in [4.69, 9.17) is 5.73 Å². The maximum atomic E-state index is 14.7. The van der Waals surface area contributed by atoms with Crippen LogP contribution in [0.4, 0.5) is 13.2 Å². The Morgan fingerprint density at radius 3 is 2.46 bits per heavy atom. The molecule has 12 heteroatoms. The minimum Gasteiger partial charge on any atom is -0.508 e. The van der Waals surface area contributed by atoms with E-state index in [1.165, 1.54) is 0 Å². The monoisotopic (exact) mass is 548 g/mol. The molecule has 0 bridgehead atoms. The zero-order chi connectivity index (χ0) is 29.0. The van der Waals surface area contributed by atoms with Crippen LogP contribution in [-0.4, -0.2) is 50.0 Å². The minimum atomic E-state index is -2.77. The van der Waals surface area contributed by atoms with Gasteiger partial charge in [-0.05, 0) is 44.2 Å². The highest BCUT2D eigenvalue weighted by atomic mass is 19.3. The lowest BCUT2D eigenvalue weighted by Crippen LogP contribution is -2.58. The van der Waals surface area contributed by atoms with E-state index in [0.717, 1.165) is 11.6 Å². The second-order valence-corrected chi connectivity index (χ2v) is 10.0. The average Bonchev–Trinajstić information content (AvgIpc) is 2.86. The number of primary amides is 1. The van der Waals surface area contributed by atoms with Gasteiger partial charge in [-0.3, -0.25) is 14.4 Å². The van der Waals surface area contributed by atoms with Crippen molar-refractivity contribution in [3.63, 3.8) is 0 Å². The molecule has 4 rings (SSSR count). The van der Waals surface area contributed by atoms with Gasteiger partial charge in [-0.25, -0.2) is 4.39 Å². The maximum absolute atomic E-state index is 14.7. The Morgan fingerprint density at radius 1 is 1.21 bits per heavy atom. The highest BCUT2D eigenvalue weighted by Crippen LogP contribution is 2.53. The molecule has 0 aliphatic heterocycles. The Bertz CT molecular complexity index is 1440. The Morgan fingerprint density at radius 2 is 1.87 bits per heavy atom. The number of ketones is 2. The molecule has 1 unspecified atom stereocenters. The van der Waals surface area contributed by atoms with Crippen LogP contribution in [0.2, 0.25) is 0 Å². The predicted octanol–water partition coefficient (Wildman–Crippen LogP) is 3.01. The predicted molar refractivity (Wildman–Crippen MR) is 133 cm³/mol. The number of Topliss-reactive ketones (excluding diaryl/α,β-unsaturated/α-hetero) is 2. The summed E-state index contributed by atoms with van der Waals surface area (Å²) in [6.07, 6.45) is -1.85. The van der Waals surface area contributed by atoms with E-state index in [9.17, 15) is 48.0 Å². The van der Waals surface area contributed by atoms with Crippen LogP contribution in [0, 0.1) is 11.8 Å². The summed E-state index contributed by atoms with van der Waals surface area (Å²) in [6.45, 7) is 3.86. The molecule has 208 valence electrons. The first-order valence-corrected chi connectivity index (χ1v) is 12.1. The smallest absolute Gasteiger partial charge is 0.306 e. The molecule has 0 aromatic heterocycles. The summed E-state index contributed by atoms with van der Waals surface area (Å²) in [4.78, 5) is 37.8. The van der Waals surface area contributed by atoms with Crippen molar-refractivity contribution >= 4 is 29.1 Å². The van der Waals surface area contributed by atoms with E-state index in [1.54, 1.807) is 6.92 Å². The lowest BCUT2D eigenvalue weighted by Gasteiger charge is -2.46. The fourth-order valence-corrected chi connectivity index (χ4v) is 5.67. The van der Waals surface area contributed by atoms with Crippen LogP contribution < -0.4 is 11.1 Å². The van der Waals surface area contributed by atoms with Gasteiger partial charge in [-0.1, -0.05) is 11.6 Å². The number of hydrogen-bond acceptors (Lipinski definition) is 8. The molecule has 1 amide bonds. The van der Waals surface area contributed by atoms with Crippen LogP contribution >= 0.6 is 0 Å². The molecule has 1 fully saturated rings. The first kappa shape index (κ1) is 28.1. The molecule has 1 saturated carbocycles. The van der Waals surface area contributed by atoms with Gasteiger partial charge in [0.15, 0.2) is 17.2 Å². The van der Waals surface area contributed by atoms with Crippen molar-refractivity contribution in [3.8, 4) is 5.75 Å². The normalized spacial score (nSPS) is 24.8. The van der Waals surface area contributed by atoms with E-state index in [2.05, 4.69) is 5.32 Å². The number of allylic oxidation sites excluding steroid dienone is 1. The van der Waals surface area contributed by atoms with Crippen molar-refractivity contribution in [2.75, 3.05) is 6.54 Å². The minimum absolute atomic E-state index is 0.0449. The number of carbonyl (C=O) groups excluding carboxylic acids is 3. The van der Waals surface area contributed by atoms with E-state index < -0.39 is 92.8 Å². The third-order valence-corrected chi connectivity index (χ3v) is 7.76. The first-order valence-electron chi connectivity index (χ1n) is 12.1. The molecule has 0 heterocycles. The summed E-state index contributed by atoms with van der Waals surface area (Å²) < 4.78 is 41.6. The van der Waals surface area contributed by atoms with Gasteiger partial charge in [0, 0.05) is 42.1 Å². The van der Waals surface area contributed by atoms with Gasteiger partial charge in [0.05, 0.1) is 5.56 Å². The second kappa shape index (κ2) is 10.0. The lowest BCUT2D eigenvalue weighted by atomic mass is 9.59. The van der Waals surface area contributed by atoms with Gasteiger partial charge in [0.2, 0.25) is 5.78 Å². The molecule has 0 radical (unpaired) electrons. The SMILES string of the molecule is C/C=C(\C)CNCc1cc(C(F)=C(F)F)c2c(c1O)C(O)=C1C(=O)[C@]3(O)C(O)=C(C(N)=O)C(=O)C[C@@H]3CC1C2. The number of aliphatic hydroxyl groups excluding tert-OH is 2. The average molecular weight is 549 g/mol. The molecule has 1 aromatic carbocycles. The number of phenols is 1. The Labute approximate surface area is 220 Å². The molecule has 3 aliphatic carbocycles. The number of rotatable bonds is 6. The van der Waals surface area contributed by atoms with E-state index in [1.807, 2.05) is 13.0 Å². The number of aliphatic hydroxyl groups is 3. The van der Waals surface area contributed by atoms with Crippen LogP contribution in [0.5, 0.6) is 5.75 Å². The Hall–Kier alpha value is -3.90. The van der Waals surface area contributed by atoms with Crippen molar-refractivity contribution in [1.82, 2.24) is 5.32 Å². The fourth-order valence-electron chi connectivity index (χ4n) is 5.67. The van der Waals surface area contributed by atoms with Crippen molar-refractivity contribution in [1.29, 1.82) is 0 Å². The maximum Gasteiger partial charge on any atom is 0.306 e. The fraction of sp³-hybridized carbons (Fsp3) is 0.370. The molecule has 39 heavy (non-hydrogen) atoms. The number of phenolic OH excluding ortho intramolecular Hbond substituents is 1. The van der Waals surface area contributed by atoms with Crippen LogP contribution in [0.25, 0.3) is 11.6 Å². The van der Waals surface area contributed by atoms with Crippen molar-refractivity contribution in [2.45, 2.75) is 45.3 Å². The van der Waals surface area contributed by atoms with Crippen LogP contribution in [0.15, 0.2) is 40.7 Å². The second-order valence-electron chi connectivity index (χ2n) is 10.0. The summed E-state index contributed by atoms with van der Waals surface area (Å²) in [5.41, 5.74) is 0.656. The molecule has 1 aromatic rings. The van der Waals surface area contributed by atoms with Gasteiger partial charge >= 0.3 is 6.08 Å². The number of aromatic hydroxyl groups is 1. The number of benzene rings is 1. The van der Waals surface area contributed by atoms with Gasteiger partial charge in [0.25, 0.3) is 5.91 Å². The molecular weight excluding hydrogens is 521 g/mol. The molecule has 0 spiro atoms. The number of nitrogens with two attached hydrogens (primary N) is 1. The van der Waals surface area contributed by atoms with Gasteiger partial charge in [-0.2, -0.15) is 8.78 Å². The first-order chi connectivity index (χ1) is 18.2. The lowest BCUT2D eigenvalue weighted by molar-refractivity contribution is -0.147. The standard InChI is InChI=1S/C27H27F3N2O7/c1-3-10(2)8-32-9-12-6-15(20(28)25(29)30)14-5-11-4-13-7-16(33)19(26(31)38)24(37)27(13,39)23(36)17(11)22(35)18(14)21(12)34/h3,6,11,13,32,34-35,37,39H,4-5,7-9H2,1-2H3,(H2,31,38)/b10-3+/t11?,13-,27-/m0/s1. The molecule has 9 nitrogen and oxygen atoms in total. The van der Waals surface area contributed by atoms with Gasteiger partial charge in [-0.15, -0.1) is 0 Å². The third-order valence-electron chi connectivity index (χ3n) is 7.76. The third kappa shape index (κ3) is 4.33. The van der Waals surface area contributed by atoms with E-state index in [-0.39, 0.29) is 30.5 Å². The van der Waals surface area contributed by atoms with E-state index in [0.29, 0.717) is 6.54 Å². The highest BCUT2D eigenvalue weighted by Gasteiger charge is 2.60. The van der Waals surface area contributed by atoms with Crippen molar-refractivity contribution in [3.05, 3.63) is 63.0 Å². The zero-order valence-electron chi connectivity index (χ0n) is 21.1. The number of hydrogen-bond donors (Lipinski definition) is 6. The van der Waals surface area contributed by atoms with Crippen LogP contribution in [-0.2, 0) is 27.3 Å². The molecule has 3 atom stereocenters.